The van der Waals surface area contributed by atoms with Crippen LogP contribution in [0.15, 0.2) is 65.8 Å². The Kier molecular flexibility index (Phi) is 5.60. The Bertz CT molecular complexity index is 1400. The zero-order chi connectivity index (χ0) is 24.8. The van der Waals surface area contributed by atoms with E-state index in [9.17, 15) is 27.5 Å². The molecule has 2 aromatic carbocycles. The second kappa shape index (κ2) is 8.51. The number of anilines is 1. The van der Waals surface area contributed by atoms with Gasteiger partial charge in [0.15, 0.2) is 11.6 Å². The minimum Gasteiger partial charge on any atom is -0.480 e. The smallest absolute Gasteiger partial charge is 0.323 e. The molecule has 1 amide bonds. The summed E-state index contributed by atoms with van der Waals surface area (Å²) in [6, 6.07) is 13.1. The number of piperidine rings is 1. The van der Waals surface area contributed by atoms with Crippen LogP contribution in [-0.2, 0) is 25.0 Å². The van der Waals surface area contributed by atoms with E-state index < -0.39 is 33.8 Å². The van der Waals surface area contributed by atoms with Crippen LogP contribution in [0.25, 0.3) is 11.4 Å². The van der Waals surface area contributed by atoms with E-state index in [4.69, 9.17) is 0 Å². The highest BCUT2D eigenvalue weighted by atomic mass is 32.2. The van der Waals surface area contributed by atoms with Crippen LogP contribution in [0.4, 0.5) is 10.1 Å². The van der Waals surface area contributed by atoms with Crippen molar-refractivity contribution in [3.63, 3.8) is 0 Å². The van der Waals surface area contributed by atoms with Crippen LogP contribution in [0, 0.1) is 5.82 Å². The molecule has 0 aliphatic carbocycles. The highest BCUT2D eigenvalue weighted by Crippen LogP contribution is 2.48. The standard InChI is InChI=1S/C24H21FN4O5S/c25-17-13-26-22(27-14-17)16-5-7-18(8-6-16)35(33,34)28-11-9-24(10-12-28)19-3-1-2-4-20(19)29(23(24)32)15-21(30)31/h1-8,13-14H,9-12,15H2,(H,30,31). The number of benzene rings is 2. The summed E-state index contributed by atoms with van der Waals surface area (Å²) in [5.41, 5.74) is 0.914. The van der Waals surface area contributed by atoms with Crippen LogP contribution < -0.4 is 4.90 Å². The molecule has 180 valence electrons. The number of para-hydroxylation sites is 1. The third-order valence-corrected chi connectivity index (χ3v) is 8.52. The number of carboxylic acid groups (broad SMARTS) is 1. The molecule has 5 rings (SSSR count). The maximum Gasteiger partial charge on any atom is 0.323 e. The molecule has 1 spiro atoms. The van der Waals surface area contributed by atoms with Crippen molar-refractivity contribution >= 4 is 27.6 Å². The van der Waals surface area contributed by atoms with Gasteiger partial charge in [0.1, 0.15) is 6.54 Å². The lowest BCUT2D eigenvalue weighted by Crippen LogP contribution is -2.50. The molecule has 3 aromatic rings. The SMILES string of the molecule is O=C(O)CN1C(=O)C2(CCN(S(=O)(=O)c3ccc(-c4ncc(F)cn4)cc3)CC2)c2ccccc21. The summed E-state index contributed by atoms with van der Waals surface area (Å²) in [6.07, 6.45) is 2.58. The van der Waals surface area contributed by atoms with Crippen LogP contribution >= 0.6 is 0 Å². The maximum absolute atomic E-state index is 13.4. The first-order valence-electron chi connectivity index (χ1n) is 10.9. The summed E-state index contributed by atoms with van der Waals surface area (Å²) in [5, 5.41) is 9.28. The number of aliphatic carboxylic acids is 1. The predicted octanol–water partition coefficient (Wildman–Crippen LogP) is 2.44. The van der Waals surface area contributed by atoms with Gasteiger partial charge in [-0.25, -0.2) is 22.8 Å². The minimum absolute atomic E-state index is 0.0879. The second-order valence-electron chi connectivity index (χ2n) is 8.54. The molecule has 3 heterocycles. The largest absolute Gasteiger partial charge is 0.480 e. The van der Waals surface area contributed by atoms with E-state index >= 15 is 0 Å². The number of carbonyl (C=O) groups is 2. The molecule has 0 saturated carbocycles. The van der Waals surface area contributed by atoms with E-state index in [1.807, 2.05) is 6.07 Å². The Morgan fingerprint density at radius 2 is 1.66 bits per heavy atom. The predicted molar refractivity (Wildman–Crippen MR) is 124 cm³/mol. The third kappa shape index (κ3) is 3.86. The van der Waals surface area contributed by atoms with Crippen LogP contribution in [-0.4, -0.2) is 59.3 Å². The molecule has 1 aromatic heterocycles. The summed E-state index contributed by atoms with van der Waals surface area (Å²) in [5.74, 6) is -1.70. The number of sulfonamides is 1. The Balaban J connectivity index is 1.37. The minimum atomic E-state index is -3.83. The van der Waals surface area contributed by atoms with Gasteiger partial charge in [-0.15, -0.1) is 0 Å². The monoisotopic (exact) mass is 496 g/mol. The normalized spacial score (nSPS) is 17.5. The van der Waals surface area contributed by atoms with Gasteiger partial charge in [0.05, 0.1) is 22.7 Å². The molecule has 0 atom stereocenters. The highest BCUT2D eigenvalue weighted by Gasteiger charge is 2.53. The van der Waals surface area contributed by atoms with Crippen molar-refractivity contribution in [3.05, 3.63) is 72.3 Å². The molecule has 11 heteroatoms. The van der Waals surface area contributed by atoms with Crippen molar-refractivity contribution < 1.29 is 27.5 Å². The van der Waals surface area contributed by atoms with Crippen LogP contribution in [0.2, 0.25) is 0 Å². The van der Waals surface area contributed by atoms with E-state index in [2.05, 4.69) is 9.97 Å². The lowest BCUT2D eigenvalue weighted by atomic mass is 9.74. The molecule has 1 fully saturated rings. The lowest BCUT2D eigenvalue weighted by Gasteiger charge is -2.37. The van der Waals surface area contributed by atoms with Gasteiger partial charge in [-0.3, -0.25) is 9.59 Å². The fourth-order valence-corrected chi connectivity index (χ4v) is 6.31. The quantitative estimate of drug-likeness (QED) is 0.576. The first-order chi connectivity index (χ1) is 16.7. The molecule has 2 aliphatic rings. The molecule has 0 bridgehead atoms. The molecule has 35 heavy (non-hydrogen) atoms. The molecular formula is C24H21FN4O5S. The van der Waals surface area contributed by atoms with Gasteiger partial charge in [0.2, 0.25) is 15.9 Å². The zero-order valence-corrected chi connectivity index (χ0v) is 19.3. The zero-order valence-electron chi connectivity index (χ0n) is 18.5. The van der Waals surface area contributed by atoms with E-state index in [1.54, 1.807) is 30.3 Å². The number of halogens is 1. The van der Waals surface area contributed by atoms with Crippen molar-refractivity contribution in [3.8, 4) is 11.4 Å². The van der Waals surface area contributed by atoms with Crippen molar-refractivity contribution in [2.75, 3.05) is 24.5 Å². The number of amides is 1. The molecule has 0 unspecified atom stereocenters. The number of aromatic nitrogens is 2. The first-order valence-corrected chi connectivity index (χ1v) is 12.4. The fourth-order valence-electron chi connectivity index (χ4n) is 4.87. The number of hydrogen-bond donors (Lipinski definition) is 1. The Labute approximate surface area is 200 Å². The average molecular weight is 497 g/mol. The molecule has 2 aliphatic heterocycles. The molecule has 1 N–H and O–H groups in total. The van der Waals surface area contributed by atoms with Crippen molar-refractivity contribution in [2.24, 2.45) is 0 Å². The van der Waals surface area contributed by atoms with Gasteiger partial charge < -0.3 is 10.0 Å². The first kappa shape index (κ1) is 23.1. The van der Waals surface area contributed by atoms with E-state index in [-0.39, 0.29) is 42.6 Å². The van der Waals surface area contributed by atoms with Gasteiger partial charge in [-0.05, 0) is 48.7 Å². The number of carboxylic acids is 1. The summed E-state index contributed by atoms with van der Waals surface area (Å²) in [7, 11) is -3.83. The number of fused-ring (bicyclic) bond motifs is 2. The van der Waals surface area contributed by atoms with Gasteiger partial charge in [-0.1, -0.05) is 18.2 Å². The summed E-state index contributed by atoms with van der Waals surface area (Å²) in [6.45, 7) is -0.206. The number of carbonyl (C=O) groups excluding carboxylic acids is 1. The number of rotatable bonds is 5. The van der Waals surface area contributed by atoms with Gasteiger partial charge >= 0.3 is 5.97 Å². The van der Waals surface area contributed by atoms with Gasteiger partial charge in [0.25, 0.3) is 0 Å². The second-order valence-corrected chi connectivity index (χ2v) is 10.5. The number of hydrogen-bond acceptors (Lipinski definition) is 6. The molecule has 1 saturated heterocycles. The van der Waals surface area contributed by atoms with Crippen molar-refractivity contribution in [2.45, 2.75) is 23.2 Å². The maximum atomic E-state index is 13.4. The van der Waals surface area contributed by atoms with E-state index in [0.717, 1.165) is 18.0 Å². The van der Waals surface area contributed by atoms with E-state index in [1.165, 1.54) is 21.3 Å². The van der Waals surface area contributed by atoms with Crippen molar-refractivity contribution in [1.29, 1.82) is 0 Å². The van der Waals surface area contributed by atoms with E-state index in [0.29, 0.717) is 11.3 Å². The van der Waals surface area contributed by atoms with Gasteiger partial charge in [-0.2, -0.15) is 4.31 Å². The topological polar surface area (TPSA) is 121 Å². The highest BCUT2D eigenvalue weighted by molar-refractivity contribution is 7.89. The fraction of sp³-hybridized carbons (Fsp3) is 0.250. The Hall–Kier alpha value is -3.70. The molecule has 0 radical (unpaired) electrons. The van der Waals surface area contributed by atoms with Gasteiger partial charge in [0, 0.05) is 24.3 Å². The van der Waals surface area contributed by atoms with Crippen LogP contribution in [0.5, 0.6) is 0 Å². The summed E-state index contributed by atoms with van der Waals surface area (Å²) >= 11 is 0. The average Bonchev–Trinajstić information content (AvgIpc) is 3.07. The molecule has 9 nitrogen and oxygen atoms in total. The van der Waals surface area contributed by atoms with Crippen molar-refractivity contribution in [1.82, 2.24) is 14.3 Å². The summed E-state index contributed by atoms with van der Waals surface area (Å²) in [4.78, 5) is 33.9. The Morgan fingerprint density at radius 1 is 1.03 bits per heavy atom. The Morgan fingerprint density at radius 3 is 2.29 bits per heavy atom. The lowest BCUT2D eigenvalue weighted by molar-refractivity contribution is -0.137. The molecular weight excluding hydrogens is 475 g/mol. The number of nitrogens with zero attached hydrogens (tertiary/aromatic N) is 4. The van der Waals surface area contributed by atoms with Crippen LogP contribution in [0.3, 0.4) is 0 Å². The third-order valence-electron chi connectivity index (χ3n) is 6.60. The summed E-state index contributed by atoms with van der Waals surface area (Å²) < 4.78 is 41.0. The van der Waals surface area contributed by atoms with Crippen LogP contribution in [0.1, 0.15) is 18.4 Å².